The van der Waals surface area contributed by atoms with Crippen LogP contribution in [0.25, 0.3) is 0 Å². The van der Waals surface area contributed by atoms with Crippen LogP contribution >= 0.6 is 0 Å². The normalized spacial score (nSPS) is 33.1. The first-order valence-corrected chi connectivity index (χ1v) is 8.21. The first-order valence-electron chi connectivity index (χ1n) is 8.21. The zero-order chi connectivity index (χ0) is 13.7. The molecule has 0 spiro atoms. The Kier molecular flexibility index (Phi) is 5.68. The second-order valence-corrected chi connectivity index (χ2v) is 6.68. The van der Waals surface area contributed by atoms with Crippen molar-refractivity contribution < 1.29 is 4.79 Å². The van der Waals surface area contributed by atoms with Gasteiger partial charge in [0.1, 0.15) is 0 Å². The van der Waals surface area contributed by atoms with Crippen molar-refractivity contribution >= 4 is 5.91 Å². The molecule has 3 N–H and O–H groups in total. The van der Waals surface area contributed by atoms with E-state index in [1.807, 2.05) is 0 Å². The van der Waals surface area contributed by atoms with Crippen LogP contribution in [0.1, 0.15) is 64.7 Å². The number of amides is 1. The molecule has 3 heteroatoms. The lowest BCUT2D eigenvalue weighted by Crippen LogP contribution is -2.47. The summed E-state index contributed by atoms with van der Waals surface area (Å²) in [6, 6.07) is 0.0587. The summed E-state index contributed by atoms with van der Waals surface area (Å²) in [4.78, 5) is 12.2. The fourth-order valence-corrected chi connectivity index (χ4v) is 3.75. The molecule has 2 aliphatic carbocycles. The standard InChI is InChI=1S/C16H30N2O/c1-12-6-5-9-14(15(12)17)16(19)18-11-10-13-7-3-2-4-8-13/h12-15H,2-11,17H2,1H3,(H,18,19). The Balaban J connectivity index is 1.68. The number of nitrogens with two attached hydrogens (primary N) is 1. The maximum absolute atomic E-state index is 12.2. The Morgan fingerprint density at radius 2 is 1.84 bits per heavy atom. The van der Waals surface area contributed by atoms with Crippen LogP contribution in [0.4, 0.5) is 0 Å². The fraction of sp³-hybridized carbons (Fsp3) is 0.938. The predicted octanol–water partition coefficient (Wildman–Crippen LogP) is 2.84. The van der Waals surface area contributed by atoms with E-state index in [0.29, 0.717) is 5.92 Å². The van der Waals surface area contributed by atoms with Crippen molar-refractivity contribution in [3.05, 3.63) is 0 Å². The van der Waals surface area contributed by atoms with Crippen LogP contribution in [0.3, 0.4) is 0 Å². The van der Waals surface area contributed by atoms with Crippen LogP contribution in [0, 0.1) is 17.8 Å². The number of hydrogen-bond acceptors (Lipinski definition) is 2. The van der Waals surface area contributed by atoms with Crippen LogP contribution in [-0.4, -0.2) is 18.5 Å². The minimum Gasteiger partial charge on any atom is -0.356 e. The van der Waals surface area contributed by atoms with Gasteiger partial charge in [0, 0.05) is 12.6 Å². The van der Waals surface area contributed by atoms with Crippen molar-refractivity contribution in [1.29, 1.82) is 0 Å². The summed E-state index contributed by atoms with van der Waals surface area (Å²) in [7, 11) is 0. The summed E-state index contributed by atoms with van der Waals surface area (Å²) in [6.45, 7) is 3.02. The summed E-state index contributed by atoms with van der Waals surface area (Å²) < 4.78 is 0. The summed E-state index contributed by atoms with van der Waals surface area (Å²) >= 11 is 0. The summed E-state index contributed by atoms with van der Waals surface area (Å²) in [5.74, 6) is 1.58. The molecule has 3 nitrogen and oxygen atoms in total. The fourth-order valence-electron chi connectivity index (χ4n) is 3.75. The van der Waals surface area contributed by atoms with Gasteiger partial charge in [-0.3, -0.25) is 4.79 Å². The van der Waals surface area contributed by atoms with Crippen molar-refractivity contribution in [2.45, 2.75) is 70.8 Å². The molecular weight excluding hydrogens is 236 g/mol. The molecule has 2 aliphatic rings. The van der Waals surface area contributed by atoms with E-state index in [0.717, 1.165) is 31.7 Å². The third-order valence-electron chi connectivity index (χ3n) is 5.21. The number of rotatable bonds is 4. The molecular formula is C16H30N2O. The highest BCUT2D eigenvalue weighted by Gasteiger charge is 2.32. The summed E-state index contributed by atoms with van der Waals surface area (Å²) in [5, 5.41) is 3.13. The Bertz CT molecular complexity index is 286. The van der Waals surface area contributed by atoms with Crippen LogP contribution in [0.5, 0.6) is 0 Å². The number of hydrogen-bond donors (Lipinski definition) is 2. The van der Waals surface area contributed by atoms with Gasteiger partial charge in [-0.1, -0.05) is 45.4 Å². The quantitative estimate of drug-likeness (QED) is 0.822. The first kappa shape index (κ1) is 14.8. The van der Waals surface area contributed by atoms with Crippen molar-refractivity contribution in [3.8, 4) is 0 Å². The topological polar surface area (TPSA) is 55.1 Å². The third kappa shape index (κ3) is 4.20. The van der Waals surface area contributed by atoms with Crippen molar-refractivity contribution in [2.24, 2.45) is 23.5 Å². The van der Waals surface area contributed by atoms with E-state index in [1.54, 1.807) is 0 Å². The highest BCUT2D eigenvalue weighted by atomic mass is 16.1. The van der Waals surface area contributed by atoms with E-state index in [-0.39, 0.29) is 17.9 Å². The van der Waals surface area contributed by atoms with Gasteiger partial charge in [0.2, 0.25) is 5.91 Å². The molecule has 0 aromatic rings. The number of nitrogens with one attached hydrogen (secondary N) is 1. The average molecular weight is 266 g/mol. The lowest BCUT2D eigenvalue weighted by atomic mass is 9.78. The lowest BCUT2D eigenvalue weighted by Gasteiger charge is -2.33. The van der Waals surface area contributed by atoms with Crippen LogP contribution < -0.4 is 11.1 Å². The van der Waals surface area contributed by atoms with Gasteiger partial charge in [0.25, 0.3) is 0 Å². The van der Waals surface area contributed by atoms with Crippen molar-refractivity contribution in [2.75, 3.05) is 6.54 Å². The van der Waals surface area contributed by atoms with Gasteiger partial charge in [0.05, 0.1) is 5.92 Å². The Hall–Kier alpha value is -0.570. The van der Waals surface area contributed by atoms with Gasteiger partial charge in [-0.2, -0.15) is 0 Å². The third-order valence-corrected chi connectivity index (χ3v) is 5.21. The number of carbonyl (C=O) groups excluding carboxylic acids is 1. The van der Waals surface area contributed by atoms with E-state index in [1.165, 1.54) is 38.5 Å². The minimum absolute atomic E-state index is 0.0510. The second-order valence-electron chi connectivity index (χ2n) is 6.68. The molecule has 0 heterocycles. The van der Waals surface area contributed by atoms with Gasteiger partial charge < -0.3 is 11.1 Å². The van der Waals surface area contributed by atoms with Gasteiger partial charge in [-0.25, -0.2) is 0 Å². The molecule has 19 heavy (non-hydrogen) atoms. The van der Waals surface area contributed by atoms with E-state index in [4.69, 9.17) is 5.73 Å². The average Bonchev–Trinajstić information content (AvgIpc) is 2.43. The van der Waals surface area contributed by atoms with Gasteiger partial charge in [-0.15, -0.1) is 0 Å². The highest BCUT2D eigenvalue weighted by molar-refractivity contribution is 5.79. The number of carbonyl (C=O) groups is 1. The molecule has 2 saturated carbocycles. The molecule has 2 rings (SSSR count). The summed E-state index contributed by atoms with van der Waals surface area (Å²) in [5.41, 5.74) is 6.18. The molecule has 0 aromatic carbocycles. The predicted molar refractivity (Wildman–Crippen MR) is 78.7 cm³/mol. The monoisotopic (exact) mass is 266 g/mol. The highest BCUT2D eigenvalue weighted by Crippen LogP contribution is 2.28. The zero-order valence-corrected chi connectivity index (χ0v) is 12.4. The Labute approximate surface area is 117 Å². The van der Waals surface area contributed by atoms with E-state index in [9.17, 15) is 4.79 Å². The van der Waals surface area contributed by atoms with E-state index >= 15 is 0 Å². The largest absolute Gasteiger partial charge is 0.356 e. The molecule has 3 unspecified atom stereocenters. The maximum atomic E-state index is 12.2. The smallest absolute Gasteiger partial charge is 0.224 e. The van der Waals surface area contributed by atoms with Gasteiger partial charge in [0.15, 0.2) is 0 Å². The molecule has 0 saturated heterocycles. The SMILES string of the molecule is CC1CCCC(C(=O)NCCC2CCCCC2)C1N. The van der Waals surface area contributed by atoms with Gasteiger partial charge >= 0.3 is 0 Å². The Morgan fingerprint density at radius 3 is 2.58 bits per heavy atom. The van der Waals surface area contributed by atoms with Crippen LogP contribution in [0.2, 0.25) is 0 Å². The molecule has 3 atom stereocenters. The molecule has 0 aromatic heterocycles. The van der Waals surface area contributed by atoms with Crippen molar-refractivity contribution in [1.82, 2.24) is 5.32 Å². The van der Waals surface area contributed by atoms with Gasteiger partial charge in [-0.05, 0) is 31.1 Å². The first-order chi connectivity index (χ1) is 9.18. The summed E-state index contributed by atoms with van der Waals surface area (Å²) in [6.07, 6.45) is 11.3. The van der Waals surface area contributed by atoms with E-state index in [2.05, 4.69) is 12.2 Å². The zero-order valence-electron chi connectivity index (χ0n) is 12.4. The molecule has 0 aliphatic heterocycles. The Morgan fingerprint density at radius 1 is 1.11 bits per heavy atom. The molecule has 1 amide bonds. The van der Waals surface area contributed by atoms with E-state index < -0.39 is 0 Å². The van der Waals surface area contributed by atoms with Crippen LogP contribution in [-0.2, 0) is 4.79 Å². The lowest BCUT2D eigenvalue weighted by molar-refractivity contribution is -0.127. The molecule has 0 radical (unpaired) electrons. The van der Waals surface area contributed by atoms with Crippen molar-refractivity contribution in [3.63, 3.8) is 0 Å². The second kappa shape index (κ2) is 7.28. The molecule has 0 bridgehead atoms. The molecule has 2 fully saturated rings. The maximum Gasteiger partial charge on any atom is 0.224 e. The van der Waals surface area contributed by atoms with Crippen LogP contribution in [0.15, 0.2) is 0 Å². The molecule has 110 valence electrons. The minimum atomic E-state index is 0.0510.